The second kappa shape index (κ2) is 13.7. The van der Waals surface area contributed by atoms with Gasteiger partial charge in [-0.3, -0.25) is 9.80 Å². The summed E-state index contributed by atoms with van der Waals surface area (Å²) >= 11 is 0. The van der Waals surface area contributed by atoms with Crippen LogP contribution in [0.2, 0.25) is 16.6 Å². The smallest absolute Gasteiger partial charge is 0.407 e. The summed E-state index contributed by atoms with van der Waals surface area (Å²) in [6.07, 6.45) is 4.37. The number of piperidine rings is 1. The lowest BCUT2D eigenvalue weighted by Gasteiger charge is -2.47. The van der Waals surface area contributed by atoms with Crippen molar-refractivity contribution in [3.63, 3.8) is 0 Å². The van der Waals surface area contributed by atoms with Gasteiger partial charge in [-0.05, 0) is 86.0 Å². The van der Waals surface area contributed by atoms with Gasteiger partial charge in [0.2, 0.25) is 5.88 Å². The number of hydrogen-bond acceptors (Lipinski definition) is 8. The fraction of sp³-hybridized carbons (Fsp3) is 0.565. The van der Waals surface area contributed by atoms with Crippen molar-refractivity contribution in [2.45, 2.75) is 139 Å². The summed E-state index contributed by atoms with van der Waals surface area (Å²) in [7, 11) is -2.28. The van der Waals surface area contributed by atoms with Crippen LogP contribution in [0.15, 0.2) is 30.3 Å². The van der Waals surface area contributed by atoms with Gasteiger partial charge in [0.05, 0.1) is 29.2 Å². The van der Waals surface area contributed by atoms with Crippen LogP contribution in [-0.4, -0.2) is 99.5 Å². The molecule has 4 saturated heterocycles. The Bertz CT molecular complexity index is 2450. The van der Waals surface area contributed by atoms with Gasteiger partial charge in [0.1, 0.15) is 49.0 Å². The van der Waals surface area contributed by atoms with Crippen LogP contribution in [0, 0.1) is 29.0 Å². The lowest BCUT2D eigenvalue weighted by molar-refractivity contribution is 0.0705. The van der Waals surface area contributed by atoms with Crippen LogP contribution in [-0.2, 0) is 0 Å². The summed E-state index contributed by atoms with van der Waals surface area (Å²) in [6, 6.07) is 8.30. The first kappa shape index (κ1) is 38.6. The second-order valence-electron chi connectivity index (χ2n) is 19.1. The maximum absolute atomic E-state index is 17.8. The molecule has 5 fully saturated rings. The van der Waals surface area contributed by atoms with Crippen molar-refractivity contribution in [3.8, 4) is 34.6 Å². The third-order valence-electron chi connectivity index (χ3n) is 15.3. The van der Waals surface area contributed by atoms with E-state index in [0.717, 1.165) is 25.8 Å². The average Bonchev–Trinajstić information content (AvgIpc) is 3.56. The van der Waals surface area contributed by atoms with Crippen LogP contribution in [0.1, 0.15) is 92.6 Å². The molecule has 310 valence electrons. The zero-order valence-electron chi connectivity index (χ0n) is 35.1. The highest BCUT2D eigenvalue weighted by Crippen LogP contribution is 2.57. The maximum atomic E-state index is 17.8. The first-order valence-electron chi connectivity index (χ1n) is 21.7. The molecule has 10 nitrogen and oxygen atoms in total. The minimum atomic E-state index is -2.28. The standard InChI is InChI=1S/C46H54F2N6O4Si/c1-24(2)59(25(3)4,26(5)6)19-16-31-33(47)14-12-28-10-8-11-32(36(28)31)39-38(48)40-37-42(51-44(50-40)57-23-46-17-9-18-53(46)35-20-29(35)21-46)52-22-30-13-15-34(54(30)45(55)56)41(52)27(7)58-43(37)49-39/h8,10-12,14,24-27,29-30,34-35,41H,9,13,15,17-18,20-23H2,1-7H3,(H,55,56)/t27?,29-,30?,34?,35-,41?,46?/m0/s1. The number of carboxylic acid groups (broad SMARTS) is 1. The molecule has 13 heteroatoms. The first-order chi connectivity index (χ1) is 28.2. The van der Waals surface area contributed by atoms with E-state index in [2.05, 4.69) is 62.8 Å². The molecule has 7 heterocycles. The number of aromatic nitrogens is 3. The summed E-state index contributed by atoms with van der Waals surface area (Å²) in [6.45, 7) is 17.1. The van der Waals surface area contributed by atoms with Crippen molar-refractivity contribution < 1.29 is 28.2 Å². The molecule has 2 bridgehead atoms. The van der Waals surface area contributed by atoms with Crippen molar-refractivity contribution in [2.75, 3.05) is 24.6 Å². The number of fused-ring (bicyclic) bond motifs is 9. The Morgan fingerprint density at radius 2 is 1.81 bits per heavy atom. The fourth-order valence-electron chi connectivity index (χ4n) is 12.7. The van der Waals surface area contributed by atoms with Gasteiger partial charge in [0.25, 0.3) is 0 Å². The molecule has 1 aliphatic carbocycles. The summed E-state index contributed by atoms with van der Waals surface area (Å²) in [5.41, 5.74) is 5.21. The van der Waals surface area contributed by atoms with Crippen molar-refractivity contribution in [3.05, 3.63) is 47.5 Å². The van der Waals surface area contributed by atoms with Crippen molar-refractivity contribution in [1.82, 2.24) is 24.8 Å². The number of ether oxygens (including phenoxy) is 2. The number of hydrogen-bond donors (Lipinski definition) is 1. The molecule has 5 aliphatic heterocycles. The topological polar surface area (TPSA) is 104 Å². The lowest BCUT2D eigenvalue weighted by Crippen LogP contribution is -2.64. The van der Waals surface area contributed by atoms with E-state index < -0.39 is 37.9 Å². The molecule has 0 radical (unpaired) electrons. The normalized spacial score (nSPS) is 28.1. The van der Waals surface area contributed by atoms with Gasteiger partial charge in [-0.25, -0.2) is 18.6 Å². The van der Waals surface area contributed by atoms with Gasteiger partial charge in [0, 0.05) is 23.5 Å². The molecule has 7 atom stereocenters. The van der Waals surface area contributed by atoms with Crippen LogP contribution >= 0.6 is 0 Å². The number of benzene rings is 2. The number of nitrogens with zero attached hydrogens (tertiary/aromatic N) is 6. The molecule has 0 spiro atoms. The van der Waals surface area contributed by atoms with Crippen molar-refractivity contribution in [2.24, 2.45) is 5.92 Å². The quantitative estimate of drug-likeness (QED) is 0.144. The number of rotatable bonds is 7. The van der Waals surface area contributed by atoms with E-state index in [9.17, 15) is 9.90 Å². The molecule has 2 aromatic heterocycles. The second-order valence-corrected chi connectivity index (χ2v) is 24.7. The summed E-state index contributed by atoms with van der Waals surface area (Å²) < 4.78 is 47.4. The molecule has 10 rings (SSSR count). The largest absolute Gasteiger partial charge is 0.472 e. The van der Waals surface area contributed by atoms with E-state index in [1.165, 1.54) is 12.5 Å². The van der Waals surface area contributed by atoms with Gasteiger partial charge in [-0.1, -0.05) is 71.7 Å². The molecular formula is C46H54F2N6O4Si. The third-order valence-corrected chi connectivity index (χ3v) is 21.5. The van der Waals surface area contributed by atoms with Crippen LogP contribution < -0.4 is 14.4 Å². The molecule has 59 heavy (non-hydrogen) atoms. The van der Waals surface area contributed by atoms with Gasteiger partial charge in [0.15, 0.2) is 5.82 Å². The highest BCUT2D eigenvalue weighted by Gasteiger charge is 2.61. The van der Waals surface area contributed by atoms with Crippen LogP contribution in [0.4, 0.5) is 19.4 Å². The van der Waals surface area contributed by atoms with E-state index in [4.69, 9.17) is 24.4 Å². The fourth-order valence-corrected chi connectivity index (χ4v) is 17.9. The van der Waals surface area contributed by atoms with Gasteiger partial charge < -0.3 is 19.5 Å². The average molecular weight is 821 g/mol. The Kier molecular flexibility index (Phi) is 9.00. The van der Waals surface area contributed by atoms with E-state index in [0.29, 0.717) is 82.1 Å². The van der Waals surface area contributed by atoms with Crippen LogP contribution in [0.5, 0.6) is 11.9 Å². The number of anilines is 1. The van der Waals surface area contributed by atoms with Crippen LogP contribution in [0.25, 0.3) is 32.9 Å². The molecule has 1 saturated carbocycles. The number of carbonyl (C=O) groups is 1. The summed E-state index contributed by atoms with van der Waals surface area (Å²) in [5, 5.41) is 11.8. The van der Waals surface area contributed by atoms with E-state index in [1.54, 1.807) is 17.0 Å². The van der Waals surface area contributed by atoms with Crippen molar-refractivity contribution in [1.29, 1.82) is 0 Å². The zero-order chi connectivity index (χ0) is 41.3. The third kappa shape index (κ3) is 5.71. The highest BCUT2D eigenvalue weighted by atomic mass is 28.3. The number of halogens is 2. The van der Waals surface area contributed by atoms with Crippen LogP contribution in [0.3, 0.4) is 0 Å². The number of amides is 1. The summed E-state index contributed by atoms with van der Waals surface area (Å²) in [4.78, 5) is 33.7. The predicted octanol–water partition coefficient (Wildman–Crippen LogP) is 9.18. The molecule has 6 aliphatic rings. The Balaban J connectivity index is 1.16. The Hall–Kier alpha value is -4.54. The lowest BCUT2D eigenvalue weighted by atomic mass is 9.93. The molecule has 5 unspecified atom stereocenters. The maximum Gasteiger partial charge on any atom is 0.407 e. The van der Waals surface area contributed by atoms with Gasteiger partial charge >= 0.3 is 12.1 Å². The molecular weight excluding hydrogens is 767 g/mol. The number of piperazine rings is 1. The zero-order valence-corrected chi connectivity index (χ0v) is 36.1. The Morgan fingerprint density at radius 3 is 2.56 bits per heavy atom. The van der Waals surface area contributed by atoms with E-state index in [1.807, 2.05) is 19.1 Å². The highest BCUT2D eigenvalue weighted by molar-refractivity contribution is 6.90. The SMILES string of the molecule is CC1Oc2nc(-c3cccc4ccc(F)c(C#C[Si](C(C)C)(C(C)C)C(C)C)c34)c(F)c3nc(OCC45CCCN4[C@H]4C[C@H]4C5)nc(c23)N2CC3CCC(C12)N3C(=O)O. The monoisotopic (exact) mass is 820 g/mol. The molecule has 1 amide bonds. The van der Waals surface area contributed by atoms with Gasteiger partial charge in [-0.15, -0.1) is 5.54 Å². The van der Waals surface area contributed by atoms with Gasteiger partial charge in [-0.2, -0.15) is 9.97 Å². The molecule has 4 aromatic rings. The minimum absolute atomic E-state index is 0.00722. The summed E-state index contributed by atoms with van der Waals surface area (Å²) in [5.74, 6) is 3.50. The Labute approximate surface area is 345 Å². The van der Waals surface area contributed by atoms with E-state index >= 15 is 8.78 Å². The molecule has 1 N–H and O–H groups in total. The first-order valence-corrected chi connectivity index (χ1v) is 24.0. The number of pyridine rings is 1. The minimum Gasteiger partial charge on any atom is -0.472 e. The van der Waals surface area contributed by atoms with E-state index in [-0.39, 0.29) is 46.3 Å². The molecule has 2 aromatic carbocycles. The Morgan fingerprint density at radius 1 is 1.03 bits per heavy atom. The van der Waals surface area contributed by atoms with Crippen molar-refractivity contribution >= 4 is 41.7 Å². The predicted molar refractivity (Wildman–Crippen MR) is 227 cm³/mol.